The first-order valence-corrected chi connectivity index (χ1v) is 5.50. The number of hydrogen-bond acceptors (Lipinski definition) is 2. The van der Waals surface area contributed by atoms with E-state index in [1.807, 2.05) is 17.8 Å². The van der Waals surface area contributed by atoms with Gasteiger partial charge in [0.25, 0.3) is 0 Å². The molecule has 1 N–H and O–H groups in total. The van der Waals surface area contributed by atoms with Gasteiger partial charge in [0.15, 0.2) is 0 Å². The van der Waals surface area contributed by atoms with Gasteiger partial charge >= 0.3 is 0 Å². The topological polar surface area (TPSA) is 29.9 Å². The first-order chi connectivity index (χ1) is 7.11. The van der Waals surface area contributed by atoms with Crippen LogP contribution in [-0.2, 0) is 0 Å². The molecule has 0 spiro atoms. The second-order valence-electron chi connectivity index (χ2n) is 3.78. The van der Waals surface area contributed by atoms with Crippen molar-refractivity contribution in [1.29, 1.82) is 0 Å². The average Bonchev–Trinajstić information content (AvgIpc) is 2.57. The highest BCUT2D eigenvalue weighted by atomic mass is 35.5. The molecule has 0 bridgehead atoms. The molecule has 0 amide bonds. The average molecular weight is 228 g/mol. The molecule has 0 aliphatic carbocycles. The summed E-state index contributed by atoms with van der Waals surface area (Å²) >= 11 is 6.14. The molecule has 1 unspecified atom stereocenters. The molecule has 0 saturated heterocycles. The Morgan fingerprint density at radius 1 is 1.67 bits per heavy atom. The van der Waals surface area contributed by atoms with Crippen molar-refractivity contribution in [2.45, 2.75) is 32.4 Å². The second kappa shape index (κ2) is 5.33. The van der Waals surface area contributed by atoms with Gasteiger partial charge < -0.3 is 5.32 Å². The molecule has 0 aliphatic heterocycles. The van der Waals surface area contributed by atoms with Crippen LogP contribution < -0.4 is 5.32 Å². The molecule has 0 aliphatic rings. The van der Waals surface area contributed by atoms with Crippen LogP contribution in [-0.4, -0.2) is 16.8 Å². The maximum Gasteiger partial charge on any atom is 0.0834 e. The normalized spacial score (nSPS) is 13.1. The summed E-state index contributed by atoms with van der Waals surface area (Å²) in [7, 11) is 1.92. The first-order valence-electron chi connectivity index (χ1n) is 5.12. The highest BCUT2D eigenvalue weighted by Crippen LogP contribution is 2.27. The fourth-order valence-electron chi connectivity index (χ4n) is 1.62. The summed E-state index contributed by atoms with van der Waals surface area (Å²) in [6, 6.07) is 0.494. The Balaban J connectivity index is 3.08. The van der Waals surface area contributed by atoms with E-state index in [0.29, 0.717) is 11.1 Å². The van der Waals surface area contributed by atoms with Crippen molar-refractivity contribution in [3.8, 4) is 0 Å². The van der Waals surface area contributed by atoms with Crippen LogP contribution in [0, 0.1) is 0 Å². The maximum absolute atomic E-state index is 6.14. The van der Waals surface area contributed by atoms with Crippen LogP contribution >= 0.6 is 11.6 Å². The Morgan fingerprint density at radius 2 is 2.33 bits per heavy atom. The van der Waals surface area contributed by atoms with E-state index in [2.05, 4.69) is 30.8 Å². The molecule has 1 heterocycles. The summed E-state index contributed by atoms with van der Waals surface area (Å²) in [5.41, 5.74) is 1.04. The molecule has 1 aromatic heterocycles. The Bertz CT molecular complexity index is 331. The summed E-state index contributed by atoms with van der Waals surface area (Å²) in [5.74, 6) is 0. The van der Waals surface area contributed by atoms with Gasteiger partial charge in [-0.05, 0) is 27.3 Å². The molecule has 4 heteroatoms. The van der Waals surface area contributed by atoms with Crippen molar-refractivity contribution in [3.63, 3.8) is 0 Å². The molecule has 0 aromatic carbocycles. The second-order valence-corrected chi connectivity index (χ2v) is 4.19. The van der Waals surface area contributed by atoms with E-state index in [9.17, 15) is 0 Å². The molecule has 0 radical (unpaired) electrons. The third-order valence-corrected chi connectivity index (χ3v) is 2.65. The molecule has 15 heavy (non-hydrogen) atoms. The smallest absolute Gasteiger partial charge is 0.0834 e. The van der Waals surface area contributed by atoms with Crippen LogP contribution in [0.5, 0.6) is 0 Å². The van der Waals surface area contributed by atoms with Crippen molar-refractivity contribution < 1.29 is 0 Å². The van der Waals surface area contributed by atoms with Crippen molar-refractivity contribution in [3.05, 3.63) is 29.6 Å². The van der Waals surface area contributed by atoms with E-state index >= 15 is 0 Å². The monoisotopic (exact) mass is 227 g/mol. The highest BCUT2D eigenvalue weighted by Gasteiger charge is 2.18. The summed E-state index contributed by atoms with van der Waals surface area (Å²) < 4.78 is 1.95. The van der Waals surface area contributed by atoms with Crippen molar-refractivity contribution in [2.24, 2.45) is 0 Å². The Kier molecular flexibility index (Phi) is 4.36. The van der Waals surface area contributed by atoms with Gasteiger partial charge in [0.2, 0.25) is 0 Å². The van der Waals surface area contributed by atoms with Crippen LogP contribution in [0.1, 0.15) is 38.0 Å². The minimum atomic E-state index is 0.180. The van der Waals surface area contributed by atoms with Gasteiger partial charge in [-0.15, -0.1) is 6.58 Å². The Hall–Kier alpha value is -0.800. The highest BCUT2D eigenvalue weighted by molar-refractivity contribution is 6.31. The van der Waals surface area contributed by atoms with Crippen LogP contribution in [0.3, 0.4) is 0 Å². The van der Waals surface area contributed by atoms with Crippen LogP contribution in [0.4, 0.5) is 0 Å². The van der Waals surface area contributed by atoms with Gasteiger partial charge in [-0.1, -0.05) is 17.7 Å². The minimum absolute atomic E-state index is 0.180. The Morgan fingerprint density at radius 3 is 2.80 bits per heavy atom. The standard InChI is InChI=1S/C11H18ClN3/c1-5-6-10(13-4)11-9(12)7-14-15(11)8(2)3/h5,7-8,10,13H,1,6H2,2-4H3. The molecular weight excluding hydrogens is 210 g/mol. The van der Waals surface area contributed by atoms with Crippen molar-refractivity contribution >= 4 is 11.6 Å². The maximum atomic E-state index is 6.14. The van der Waals surface area contributed by atoms with Crippen molar-refractivity contribution in [1.82, 2.24) is 15.1 Å². The predicted octanol–water partition coefficient (Wildman–Crippen LogP) is 2.95. The van der Waals surface area contributed by atoms with E-state index in [1.54, 1.807) is 6.20 Å². The number of nitrogens with one attached hydrogen (secondary N) is 1. The number of aromatic nitrogens is 2. The lowest BCUT2D eigenvalue weighted by atomic mass is 10.1. The lowest BCUT2D eigenvalue weighted by molar-refractivity contribution is 0.463. The minimum Gasteiger partial charge on any atom is -0.311 e. The van der Waals surface area contributed by atoms with Gasteiger partial charge in [0.1, 0.15) is 0 Å². The van der Waals surface area contributed by atoms with E-state index in [-0.39, 0.29) is 6.04 Å². The molecule has 0 saturated carbocycles. The Labute approximate surface area is 96.1 Å². The van der Waals surface area contributed by atoms with Crippen LogP contribution in [0.2, 0.25) is 5.02 Å². The summed E-state index contributed by atoms with van der Waals surface area (Å²) in [4.78, 5) is 0. The van der Waals surface area contributed by atoms with Crippen molar-refractivity contribution in [2.75, 3.05) is 7.05 Å². The molecule has 1 atom stereocenters. The van der Waals surface area contributed by atoms with Gasteiger partial charge in [-0.25, -0.2) is 0 Å². The number of halogens is 1. The van der Waals surface area contributed by atoms with Gasteiger partial charge in [-0.3, -0.25) is 4.68 Å². The van der Waals surface area contributed by atoms with E-state index in [1.165, 1.54) is 0 Å². The molecule has 84 valence electrons. The number of rotatable bonds is 5. The van der Waals surface area contributed by atoms with Crippen LogP contribution in [0.25, 0.3) is 0 Å². The van der Waals surface area contributed by atoms with Gasteiger partial charge in [-0.2, -0.15) is 5.10 Å². The van der Waals surface area contributed by atoms with Gasteiger partial charge in [0, 0.05) is 6.04 Å². The largest absolute Gasteiger partial charge is 0.311 e. The fraction of sp³-hybridized carbons (Fsp3) is 0.545. The zero-order valence-electron chi connectivity index (χ0n) is 9.50. The zero-order valence-corrected chi connectivity index (χ0v) is 10.3. The van der Waals surface area contributed by atoms with Crippen LogP contribution in [0.15, 0.2) is 18.9 Å². The van der Waals surface area contributed by atoms with E-state index in [0.717, 1.165) is 12.1 Å². The van der Waals surface area contributed by atoms with E-state index in [4.69, 9.17) is 11.6 Å². The fourth-order valence-corrected chi connectivity index (χ4v) is 1.88. The summed E-state index contributed by atoms with van der Waals surface area (Å²) in [6.45, 7) is 7.93. The quantitative estimate of drug-likeness (QED) is 0.784. The third kappa shape index (κ3) is 2.61. The molecule has 1 rings (SSSR count). The zero-order chi connectivity index (χ0) is 11.4. The molecule has 3 nitrogen and oxygen atoms in total. The molecule has 0 fully saturated rings. The first kappa shape index (κ1) is 12.3. The SMILES string of the molecule is C=CCC(NC)c1c(Cl)cnn1C(C)C. The molecule has 1 aromatic rings. The third-order valence-electron chi connectivity index (χ3n) is 2.36. The lowest BCUT2D eigenvalue weighted by Crippen LogP contribution is -2.21. The summed E-state index contributed by atoms with van der Waals surface area (Å²) in [6.07, 6.45) is 4.42. The number of nitrogens with zero attached hydrogens (tertiary/aromatic N) is 2. The van der Waals surface area contributed by atoms with Gasteiger partial charge in [0.05, 0.1) is 23.0 Å². The lowest BCUT2D eigenvalue weighted by Gasteiger charge is -2.19. The predicted molar refractivity (Wildman–Crippen MR) is 64.2 cm³/mol. The van der Waals surface area contributed by atoms with E-state index < -0.39 is 0 Å². The summed E-state index contributed by atoms with van der Waals surface area (Å²) in [5, 5.41) is 8.21. The molecular formula is C11H18ClN3. The number of hydrogen-bond donors (Lipinski definition) is 1.